The van der Waals surface area contributed by atoms with Crippen molar-refractivity contribution in [2.45, 2.75) is 51.4 Å². The van der Waals surface area contributed by atoms with Crippen LogP contribution in [0.2, 0.25) is 0 Å². The minimum absolute atomic E-state index is 0.0605. The summed E-state index contributed by atoms with van der Waals surface area (Å²) in [7, 11) is 1.58. The van der Waals surface area contributed by atoms with Crippen molar-refractivity contribution in [2.75, 3.05) is 33.2 Å². The van der Waals surface area contributed by atoms with Gasteiger partial charge in [-0.1, -0.05) is 19.3 Å². The highest BCUT2D eigenvalue weighted by molar-refractivity contribution is 6.39. The third-order valence-electron chi connectivity index (χ3n) is 5.56. The van der Waals surface area contributed by atoms with Gasteiger partial charge in [-0.3, -0.25) is 14.4 Å². The largest absolute Gasteiger partial charge is 0.339 e. The molecule has 1 saturated heterocycles. The van der Waals surface area contributed by atoms with E-state index in [1.807, 2.05) is 4.90 Å². The molecule has 2 fully saturated rings. The van der Waals surface area contributed by atoms with Gasteiger partial charge in [-0.15, -0.1) is 0 Å². The molecule has 3 rings (SSSR count). The van der Waals surface area contributed by atoms with E-state index < -0.39 is 0 Å². The SMILES string of the molecule is CN1N=C(C(=O)N2CCN(C(=O)CC3CCCCC3)CC2)CCC1=O. The summed E-state index contributed by atoms with van der Waals surface area (Å²) < 4.78 is 0. The number of rotatable bonds is 3. The van der Waals surface area contributed by atoms with Crippen molar-refractivity contribution >= 4 is 23.4 Å². The molecule has 1 aliphatic carbocycles. The van der Waals surface area contributed by atoms with E-state index in [0.717, 1.165) is 0 Å². The first-order valence-electron chi connectivity index (χ1n) is 9.45. The molecule has 25 heavy (non-hydrogen) atoms. The van der Waals surface area contributed by atoms with E-state index in [0.29, 0.717) is 57.1 Å². The number of hydrogen-bond acceptors (Lipinski definition) is 4. The second-order valence-electron chi connectivity index (χ2n) is 7.35. The van der Waals surface area contributed by atoms with Crippen molar-refractivity contribution in [3.8, 4) is 0 Å². The fraction of sp³-hybridized carbons (Fsp3) is 0.778. The third-order valence-corrected chi connectivity index (χ3v) is 5.56. The van der Waals surface area contributed by atoms with Crippen LogP contribution in [-0.2, 0) is 14.4 Å². The molecule has 0 spiro atoms. The lowest BCUT2D eigenvalue weighted by Crippen LogP contribution is -2.53. The molecule has 7 nitrogen and oxygen atoms in total. The summed E-state index contributed by atoms with van der Waals surface area (Å²) in [5.41, 5.74) is 0.448. The number of amides is 3. The van der Waals surface area contributed by atoms with Crippen molar-refractivity contribution in [1.82, 2.24) is 14.8 Å². The second-order valence-corrected chi connectivity index (χ2v) is 7.35. The van der Waals surface area contributed by atoms with E-state index in [1.54, 1.807) is 11.9 Å². The molecule has 2 aliphatic heterocycles. The van der Waals surface area contributed by atoms with Gasteiger partial charge in [-0.2, -0.15) is 5.10 Å². The van der Waals surface area contributed by atoms with Gasteiger partial charge in [-0.25, -0.2) is 5.01 Å². The maximum atomic E-state index is 12.6. The van der Waals surface area contributed by atoms with Crippen LogP contribution in [0.25, 0.3) is 0 Å². The summed E-state index contributed by atoms with van der Waals surface area (Å²) in [5, 5.41) is 5.35. The quantitative estimate of drug-likeness (QED) is 0.770. The Morgan fingerprint density at radius 2 is 1.64 bits per heavy atom. The number of hydrazone groups is 1. The lowest BCUT2D eigenvalue weighted by Gasteiger charge is -2.36. The molecule has 1 saturated carbocycles. The standard InChI is InChI=1S/C18H28N4O3/c1-20-16(23)8-7-15(19-20)18(25)22-11-9-21(10-12-22)17(24)13-14-5-3-2-4-6-14/h14H,2-13H2,1H3. The summed E-state index contributed by atoms with van der Waals surface area (Å²) >= 11 is 0. The van der Waals surface area contributed by atoms with E-state index >= 15 is 0 Å². The third kappa shape index (κ3) is 4.38. The van der Waals surface area contributed by atoms with Gasteiger partial charge in [0, 0.05) is 52.5 Å². The van der Waals surface area contributed by atoms with Crippen LogP contribution >= 0.6 is 0 Å². The Morgan fingerprint density at radius 1 is 1.00 bits per heavy atom. The molecule has 7 heteroatoms. The van der Waals surface area contributed by atoms with E-state index in [1.165, 1.54) is 37.1 Å². The molecule has 0 radical (unpaired) electrons. The fourth-order valence-electron chi connectivity index (χ4n) is 3.93. The average Bonchev–Trinajstić information content (AvgIpc) is 2.64. The summed E-state index contributed by atoms with van der Waals surface area (Å²) in [6.45, 7) is 2.29. The topological polar surface area (TPSA) is 73.3 Å². The minimum atomic E-state index is -0.0984. The molecule has 0 bridgehead atoms. The highest BCUT2D eigenvalue weighted by atomic mass is 16.2. The van der Waals surface area contributed by atoms with Gasteiger partial charge >= 0.3 is 0 Å². The van der Waals surface area contributed by atoms with Crippen LogP contribution < -0.4 is 0 Å². The Kier molecular flexibility index (Phi) is 5.71. The molecule has 3 aliphatic rings. The molecule has 0 aromatic heterocycles. The molecule has 0 atom stereocenters. The maximum absolute atomic E-state index is 12.6. The first-order chi connectivity index (χ1) is 12.0. The molecule has 0 aromatic rings. The highest BCUT2D eigenvalue weighted by Crippen LogP contribution is 2.27. The smallest absolute Gasteiger partial charge is 0.270 e. The summed E-state index contributed by atoms with van der Waals surface area (Å²) in [4.78, 5) is 40.2. The zero-order valence-electron chi connectivity index (χ0n) is 15.1. The molecular weight excluding hydrogens is 320 g/mol. The van der Waals surface area contributed by atoms with Crippen LogP contribution in [-0.4, -0.2) is 71.5 Å². The van der Waals surface area contributed by atoms with Gasteiger partial charge in [-0.05, 0) is 18.8 Å². The van der Waals surface area contributed by atoms with E-state index in [-0.39, 0.29) is 17.7 Å². The Morgan fingerprint density at radius 3 is 2.28 bits per heavy atom. The predicted molar refractivity (Wildman–Crippen MR) is 93.8 cm³/mol. The van der Waals surface area contributed by atoms with Gasteiger partial charge in [0.1, 0.15) is 5.71 Å². The first-order valence-corrected chi connectivity index (χ1v) is 9.45. The molecule has 138 valence electrons. The average molecular weight is 348 g/mol. The number of piperazine rings is 1. The maximum Gasteiger partial charge on any atom is 0.270 e. The molecule has 0 N–H and O–H groups in total. The van der Waals surface area contributed by atoms with Crippen molar-refractivity contribution in [3.63, 3.8) is 0 Å². The van der Waals surface area contributed by atoms with Gasteiger partial charge < -0.3 is 9.80 Å². The van der Waals surface area contributed by atoms with E-state index in [9.17, 15) is 14.4 Å². The van der Waals surface area contributed by atoms with Crippen molar-refractivity contribution in [3.05, 3.63) is 0 Å². The number of nitrogens with zero attached hydrogens (tertiary/aromatic N) is 4. The summed E-state index contributed by atoms with van der Waals surface area (Å²) in [5.74, 6) is 0.623. The Hall–Kier alpha value is -1.92. The first kappa shape index (κ1) is 17.9. The van der Waals surface area contributed by atoms with E-state index in [2.05, 4.69) is 5.10 Å². The predicted octanol–water partition coefficient (Wildman–Crippen LogP) is 1.24. The van der Waals surface area contributed by atoms with Gasteiger partial charge in [0.15, 0.2) is 0 Å². The Balaban J connectivity index is 1.48. The zero-order valence-corrected chi connectivity index (χ0v) is 15.1. The monoisotopic (exact) mass is 348 g/mol. The lowest BCUT2D eigenvalue weighted by atomic mass is 9.86. The van der Waals surface area contributed by atoms with Crippen molar-refractivity contribution < 1.29 is 14.4 Å². The van der Waals surface area contributed by atoms with Crippen LogP contribution in [0.5, 0.6) is 0 Å². The lowest BCUT2D eigenvalue weighted by molar-refractivity contribution is -0.138. The van der Waals surface area contributed by atoms with E-state index in [4.69, 9.17) is 0 Å². The number of carbonyl (C=O) groups excluding carboxylic acids is 3. The number of carbonyl (C=O) groups is 3. The molecule has 0 aromatic carbocycles. The van der Waals surface area contributed by atoms with Crippen LogP contribution in [0.4, 0.5) is 0 Å². The summed E-state index contributed by atoms with van der Waals surface area (Å²) in [6, 6.07) is 0. The second kappa shape index (κ2) is 7.97. The van der Waals surface area contributed by atoms with Crippen molar-refractivity contribution in [2.24, 2.45) is 11.0 Å². The van der Waals surface area contributed by atoms with Crippen LogP contribution in [0.15, 0.2) is 5.10 Å². The van der Waals surface area contributed by atoms with Crippen molar-refractivity contribution in [1.29, 1.82) is 0 Å². The Labute approximate surface area is 149 Å². The Bertz CT molecular complexity index is 561. The van der Waals surface area contributed by atoms with Gasteiger partial charge in [0.25, 0.3) is 5.91 Å². The van der Waals surface area contributed by atoms with Crippen LogP contribution in [0.3, 0.4) is 0 Å². The zero-order chi connectivity index (χ0) is 17.8. The van der Waals surface area contributed by atoms with Crippen LogP contribution in [0, 0.1) is 5.92 Å². The molecular formula is C18H28N4O3. The highest BCUT2D eigenvalue weighted by Gasteiger charge is 2.30. The van der Waals surface area contributed by atoms with Crippen LogP contribution in [0.1, 0.15) is 51.4 Å². The van der Waals surface area contributed by atoms with Gasteiger partial charge in [0.05, 0.1) is 0 Å². The molecule has 2 heterocycles. The fourth-order valence-corrected chi connectivity index (χ4v) is 3.93. The number of hydrogen-bond donors (Lipinski definition) is 0. The molecule has 0 unspecified atom stereocenters. The minimum Gasteiger partial charge on any atom is -0.339 e. The summed E-state index contributed by atoms with van der Waals surface area (Å²) in [6.07, 6.45) is 7.55. The molecule has 3 amide bonds. The normalized spacial score (nSPS) is 22.8. The van der Waals surface area contributed by atoms with Gasteiger partial charge in [0.2, 0.25) is 11.8 Å².